The van der Waals surface area contributed by atoms with Gasteiger partial charge in [-0.25, -0.2) is 4.98 Å². The van der Waals surface area contributed by atoms with Crippen molar-refractivity contribution in [1.82, 2.24) is 10.3 Å². The van der Waals surface area contributed by atoms with E-state index in [9.17, 15) is 4.79 Å². The minimum atomic E-state index is -0.159. The van der Waals surface area contributed by atoms with Gasteiger partial charge in [-0.3, -0.25) is 4.79 Å². The minimum Gasteiger partial charge on any atom is -0.382 e. The molecule has 0 atom stereocenters. The molecule has 17 heavy (non-hydrogen) atoms. The Morgan fingerprint density at radius 1 is 1.59 bits per heavy atom. The Hall–Kier alpha value is -1.56. The molecule has 6 heteroatoms. The van der Waals surface area contributed by atoms with Crippen LogP contribution in [0.1, 0.15) is 29.9 Å². The molecule has 1 aromatic rings. The summed E-state index contributed by atoms with van der Waals surface area (Å²) < 4.78 is 0. The van der Waals surface area contributed by atoms with E-state index < -0.39 is 0 Å². The fraction of sp³-hybridized carbons (Fsp3) is 0.455. The number of nitrogens with one attached hydrogen (secondary N) is 2. The Balaban J connectivity index is 2.56. The number of amides is 1. The van der Waals surface area contributed by atoms with Crippen LogP contribution in [-0.4, -0.2) is 24.0 Å². The molecule has 1 rings (SSSR count). The molecule has 0 saturated heterocycles. The number of allylic oxidation sites excluding steroid dienone is 1. The summed E-state index contributed by atoms with van der Waals surface area (Å²) in [6.45, 7) is 5.28. The third-order valence-corrected chi connectivity index (χ3v) is 3.05. The van der Waals surface area contributed by atoms with Crippen molar-refractivity contribution in [3.8, 4) is 0 Å². The van der Waals surface area contributed by atoms with Crippen LogP contribution in [0.25, 0.3) is 0 Å². The molecule has 0 aliphatic heterocycles. The van der Waals surface area contributed by atoms with Gasteiger partial charge in [-0.2, -0.15) is 0 Å². The number of anilines is 2. The van der Waals surface area contributed by atoms with Gasteiger partial charge in [0.05, 0.1) is 0 Å². The van der Waals surface area contributed by atoms with Gasteiger partial charge in [0.15, 0.2) is 5.13 Å². The number of carbonyl (C=O) groups is 1. The molecule has 0 aliphatic carbocycles. The topological polar surface area (TPSA) is 80.0 Å². The zero-order chi connectivity index (χ0) is 12.7. The second-order valence-corrected chi connectivity index (χ2v) is 4.38. The molecule has 0 bridgehead atoms. The van der Waals surface area contributed by atoms with E-state index in [1.165, 1.54) is 11.3 Å². The number of rotatable bonds is 6. The van der Waals surface area contributed by atoms with E-state index in [2.05, 4.69) is 15.6 Å². The van der Waals surface area contributed by atoms with Crippen LogP contribution in [0.2, 0.25) is 0 Å². The van der Waals surface area contributed by atoms with E-state index in [4.69, 9.17) is 5.73 Å². The lowest BCUT2D eigenvalue weighted by Crippen LogP contribution is -2.24. The number of nitrogens with two attached hydrogens (primary N) is 1. The molecule has 5 nitrogen and oxygen atoms in total. The van der Waals surface area contributed by atoms with Crippen molar-refractivity contribution in [2.75, 3.05) is 24.1 Å². The highest BCUT2D eigenvalue weighted by molar-refractivity contribution is 7.18. The second-order valence-electron chi connectivity index (χ2n) is 3.38. The summed E-state index contributed by atoms with van der Waals surface area (Å²) >= 11 is 1.28. The molecule has 0 aromatic carbocycles. The zero-order valence-electron chi connectivity index (χ0n) is 10.1. The van der Waals surface area contributed by atoms with Crippen molar-refractivity contribution in [3.63, 3.8) is 0 Å². The summed E-state index contributed by atoms with van der Waals surface area (Å²) in [6, 6.07) is 0. The predicted octanol–water partition coefficient (Wildman–Crippen LogP) is 1.85. The summed E-state index contributed by atoms with van der Waals surface area (Å²) in [4.78, 5) is 16.3. The summed E-state index contributed by atoms with van der Waals surface area (Å²) in [6.07, 6.45) is 4.78. The zero-order valence-corrected chi connectivity index (χ0v) is 10.9. The largest absolute Gasteiger partial charge is 0.382 e. The van der Waals surface area contributed by atoms with Gasteiger partial charge >= 0.3 is 0 Å². The molecule has 0 spiro atoms. The number of nitrogen functional groups attached to an aromatic ring is 1. The van der Waals surface area contributed by atoms with Gasteiger partial charge in [-0.1, -0.05) is 23.5 Å². The quantitative estimate of drug-likeness (QED) is 0.534. The van der Waals surface area contributed by atoms with Gasteiger partial charge in [0.1, 0.15) is 10.7 Å². The molecule has 0 unspecified atom stereocenters. The average molecular weight is 254 g/mol. The number of nitrogens with zero attached hydrogens (tertiary/aromatic N) is 1. The summed E-state index contributed by atoms with van der Waals surface area (Å²) in [5.41, 5.74) is 5.69. The molecule has 0 aliphatic rings. The van der Waals surface area contributed by atoms with Crippen molar-refractivity contribution < 1.29 is 4.79 Å². The normalized spacial score (nSPS) is 10.7. The molecule has 1 amide bonds. The third kappa shape index (κ3) is 4.07. The molecule has 1 aromatic heterocycles. The standard InChI is InChI=1S/C11H18N4OS/c1-3-5-6-7-14-10(16)8-9(12)15-11(17-8)13-4-2/h3,5H,4,6-7,12H2,1-2H3,(H,13,15)(H,14,16)/b5-3+. The fourth-order valence-electron chi connectivity index (χ4n) is 1.24. The highest BCUT2D eigenvalue weighted by Gasteiger charge is 2.14. The van der Waals surface area contributed by atoms with Gasteiger partial charge < -0.3 is 16.4 Å². The Morgan fingerprint density at radius 3 is 3.00 bits per heavy atom. The van der Waals surface area contributed by atoms with Crippen LogP contribution in [0.4, 0.5) is 10.9 Å². The van der Waals surface area contributed by atoms with Crippen molar-refractivity contribution in [2.45, 2.75) is 20.3 Å². The van der Waals surface area contributed by atoms with Crippen LogP contribution in [0.5, 0.6) is 0 Å². The lowest BCUT2D eigenvalue weighted by atomic mass is 10.3. The van der Waals surface area contributed by atoms with Crippen LogP contribution < -0.4 is 16.4 Å². The maximum atomic E-state index is 11.8. The van der Waals surface area contributed by atoms with Crippen LogP contribution in [0, 0.1) is 0 Å². The van der Waals surface area contributed by atoms with Crippen LogP contribution >= 0.6 is 11.3 Å². The molecule has 0 fully saturated rings. The van der Waals surface area contributed by atoms with Crippen molar-refractivity contribution >= 4 is 28.2 Å². The van der Waals surface area contributed by atoms with E-state index in [1.54, 1.807) is 0 Å². The first kappa shape index (κ1) is 13.5. The Morgan fingerprint density at radius 2 is 2.35 bits per heavy atom. The first-order valence-corrected chi connectivity index (χ1v) is 6.40. The molecule has 0 radical (unpaired) electrons. The van der Waals surface area contributed by atoms with Gasteiger partial charge in [-0.15, -0.1) is 0 Å². The lowest BCUT2D eigenvalue weighted by molar-refractivity contribution is 0.0959. The molecule has 0 saturated carbocycles. The monoisotopic (exact) mass is 254 g/mol. The van der Waals surface area contributed by atoms with Crippen molar-refractivity contribution in [3.05, 3.63) is 17.0 Å². The fourth-order valence-corrected chi connectivity index (χ4v) is 2.11. The number of hydrogen-bond donors (Lipinski definition) is 3. The Labute approximate surface area is 105 Å². The predicted molar refractivity (Wildman–Crippen MR) is 72.5 cm³/mol. The van der Waals surface area contributed by atoms with Gasteiger partial charge in [0.2, 0.25) is 0 Å². The van der Waals surface area contributed by atoms with Gasteiger partial charge in [0, 0.05) is 13.1 Å². The summed E-state index contributed by atoms with van der Waals surface area (Å²) in [7, 11) is 0. The Bertz CT molecular complexity index is 400. The molecule has 94 valence electrons. The third-order valence-electron chi connectivity index (χ3n) is 2.02. The summed E-state index contributed by atoms with van der Waals surface area (Å²) in [5.74, 6) is 0.128. The second kappa shape index (κ2) is 6.90. The highest BCUT2D eigenvalue weighted by Crippen LogP contribution is 2.24. The summed E-state index contributed by atoms with van der Waals surface area (Å²) in [5, 5.41) is 6.52. The van der Waals surface area contributed by atoms with Crippen LogP contribution in [0.15, 0.2) is 12.2 Å². The lowest BCUT2D eigenvalue weighted by Gasteiger charge is -2.00. The first-order chi connectivity index (χ1) is 8.19. The molecular weight excluding hydrogens is 236 g/mol. The minimum absolute atomic E-state index is 0.159. The SMILES string of the molecule is C/C=C/CCNC(=O)c1sc(NCC)nc1N. The van der Waals surface area contributed by atoms with E-state index in [0.29, 0.717) is 16.6 Å². The average Bonchev–Trinajstić information content (AvgIpc) is 2.66. The van der Waals surface area contributed by atoms with Crippen molar-refractivity contribution in [2.24, 2.45) is 0 Å². The van der Waals surface area contributed by atoms with E-state index in [1.807, 2.05) is 26.0 Å². The van der Waals surface area contributed by atoms with E-state index >= 15 is 0 Å². The Kier molecular flexibility index (Phi) is 5.48. The van der Waals surface area contributed by atoms with Crippen LogP contribution in [0.3, 0.4) is 0 Å². The highest BCUT2D eigenvalue weighted by atomic mass is 32.1. The number of thiazole rings is 1. The number of carbonyl (C=O) groups excluding carboxylic acids is 1. The van der Waals surface area contributed by atoms with Crippen LogP contribution in [-0.2, 0) is 0 Å². The number of hydrogen-bond acceptors (Lipinski definition) is 5. The van der Waals surface area contributed by atoms with Gasteiger partial charge in [-0.05, 0) is 20.3 Å². The first-order valence-electron chi connectivity index (χ1n) is 5.58. The maximum absolute atomic E-state index is 11.8. The molecular formula is C11H18N4OS. The smallest absolute Gasteiger partial charge is 0.265 e. The van der Waals surface area contributed by atoms with Gasteiger partial charge in [0.25, 0.3) is 5.91 Å². The maximum Gasteiger partial charge on any atom is 0.265 e. The number of aromatic nitrogens is 1. The van der Waals surface area contributed by atoms with E-state index in [-0.39, 0.29) is 11.7 Å². The van der Waals surface area contributed by atoms with Crippen molar-refractivity contribution in [1.29, 1.82) is 0 Å². The van der Waals surface area contributed by atoms with E-state index in [0.717, 1.165) is 13.0 Å². The molecule has 1 heterocycles. The molecule has 4 N–H and O–H groups in total.